The first-order valence-corrected chi connectivity index (χ1v) is 7.07. The quantitative estimate of drug-likeness (QED) is 0.792. The Balaban J connectivity index is 1.93. The Bertz CT molecular complexity index is 756. The molecule has 0 aliphatic rings. The Morgan fingerprint density at radius 3 is 2.38 bits per heavy atom. The van der Waals surface area contributed by atoms with Gasteiger partial charge in [0.05, 0.1) is 6.04 Å². The van der Waals surface area contributed by atoms with Crippen molar-refractivity contribution in [2.24, 2.45) is 5.73 Å². The number of aryl methyl sites for hydroxylation is 1. The molecule has 0 radical (unpaired) electrons. The third-order valence-electron chi connectivity index (χ3n) is 3.77. The van der Waals surface area contributed by atoms with E-state index in [1.54, 1.807) is 0 Å². The molecule has 0 fully saturated rings. The van der Waals surface area contributed by atoms with Crippen LogP contribution < -0.4 is 10.6 Å². The van der Waals surface area contributed by atoms with Crippen molar-refractivity contribution in [2.45, 2.75) is 13.0 Å². The monoisotopic (exact) mass is 280 g/mol. The number of fused-ring (bicyclic) bond motifs is 1. The number of anilines is 1. The fourth-order valence-electron chi connectivity index (χ4n) is 2.48. The van der Waals surface area contributed by atoms with Crippen molar-refractivity contribution in [3.05, 3.63) is 65.4 Å². The molecule has 3 heteroatoms. The van der Waals surface area contributed by atoms with E-state index in [4.69, 9.17) is 10.2 Å². The van der Waals surface area contributed by atoms with Crippen LogP contribution in [0.2, 0.25) is 0 Å². The van der Waals surface area contributed by atoms with Gasteiger partial charge in [0.1, 0.15) is 11.3 Å². The van der Waals surface area contributed by atoms with Crippen molar-refractivity contribution in [1.82, 2.24) is 0 Å². The minimum Gasteiger partial charge on any atom is -0.459 e. The highest BCUT2D eigenvalue weighted by Gasteiger charge is 2.14. The van der Waals surface area contributed by atoms with Gasteiger partial charge < -0.3 is 15.1 Å². The molecule has 21 heavy (non-hydrogen) atoms. The van der Waals surface area contributed by atoms with Crippen molar-refractivity contribution in [2.75, 3.05) is 19.0 Å². The summed E-state index contributed by atoms with van der Waals surface area (Å²) in [6.07, 6.45) is 0. The Labute approximate surface area is 125 Å². The molecule has 1 aromatic heterocycles. The lowest BCUT2D eigenvalue weighted by atomic mass is 10.0. The second-order valence-corrected chi connectivity index (χ2v) is 5.65. The normalized spacial score (nSPS) is 12.6. The third-order valence-corrected chi connectivity index (χ3v) is 3.77. The van der Waals surface area contributed by atoms with Crippen LogP contribution in [0.25, 0.3) is 11.0 Å². The zero-order valence-corrected chi connectivity index (χ0v) is 12.6. The maximum absolute atomic E-state index is 6.34. The van der Waals surface area contributed by atoms with Crippen LogP contribution in [-0.2, 0) is 0 Å². The first kappa shape index (κ1) is 13.7. The van der Waals surface area contributed by atoms with Crippen LogP contribution in [0.3, 0.4) is 0 Å². The van der Waals surface area contributed by atoms with E-state index in [9.17, 15) is 0 Å². The maximum atomic E-state index is 6.34. The molecular formula is C18H20N2O. The second kappa shape index (κ2) is 5.26. The number of rotatable bonds is 3. The van der Waals surface area contributed by atoms with Crippen molar-refractivity contribution in [3.63, 3.8) is 0 Å². The van der Waals surface area contributed by atoms with Gasteiger partial charge in [-0.05, 0) is 42.8 Å². The second-order valence-electron chi connectivity index (χ2n) is 5.65. The van der Waals surface area contributed by atoms with Crippen molar-refractivity contribution < 1.29 is 4.42 Å². The molecule has 1 heterocycles. The number of nitrogens with two attached hydrogens (primary N) is 1. The Morgan fingerprint density at radius 1 is 1.00 bits per heavy atom. The molecule has 2 aromatic carbocycles. The summed E-state index contributed by atoms with van der Waals surface area (Å²) in [5.74, 6) is 0.799. The molecule has 1 unspecified atom stereocenters. The summed E-state index contributed by atoms with van der Waals surface area (Å²) in [6, 6.07) is 16.2. The molecule has 1 atom stereocenters. The number of furan rings is 1. The number of benzene rings is 2. The van der Waals surface area contributed by atoms with E-state index in [0.717, 1.165) is 28.0 Å². The van der Waals surface area contributed by atoms with Crippen LogP contribution in [0.4, 0.5) is 5.69 Å². The van der Waals surface area contributed by atoms with Crippen LogP contribution in [0.1, 0.15) is 22.9 Å². The SMILES string of the molecule is Cc1ccc2oc(C(N)c3ccc(N(C)C)cc3)cc2c1. The Morgan fingerprint density at radius 2 is 1.71 bits per heavy atom. The molecule has 3 rings (SSSR count). The summed E-state index contributed by atoms with van der Waals surface area (Å²) in [7, 11) is 4.05. The van der Waals surface area contributed by atoms with Crippen molar-refractivity contribution >= 4 is 16.7 Å². The van der Waals surface area contributed by atoms with Gasteiger partial charge in [0.15, 0.2) is 0 Å². The zero-order valence-electron chi connectivity index (χ0n) is 12.6. The Hall–Kier alpha value is -2.26. The standard InChI is InChI=1S/C18H20N2O/c1-12-4-9-16-14(10-12)11-17(21-16)18(19)13-5-7-15(8-6-13)20(2)3/h4-11,18H,19H2,1-3H3. The maximum Gasteiger partial charge on any atom is 0.134 e. The lowest BCUT2D eigenvalue weighted by Crippen LogP contribution is -2.12. The van der Waals surface area contributed by atoms with E-state index in [2.05, 4.69) is 42.2 Å². The molecule has 0 spiro atoms. The van der Waals surface area contributed by atoms with E-state index in [0.29, 0.717) is 0 Å². The van der Waals surface area contributed by atoms with Crippen LogP contribution in [0, 0.1) is 6.92 Å². The van der Waals surface area contributed by atoms with Gasteiger partial charge in [0.25, 0.3) is 0 Å². The lowest BCUT2D eigenvalue weighted by molar-refractivity contribution is 0.525. The van der Waals surface area contributed by atoms with Gasteiger partial charge in [0.2, 0.25) is 0 Å². The molecule has 2 N–H and O–H groups in total. The number of hydrogen-bond acceptors (Lipinski definition) is 3. The zero-order chi connectivity index (χ0) is 15.0. The van der Waals surface area contributed by atoms with Gasteiger partial charge in [-0.2, -0.15) is 0 Å². The van der Waals surface area contributed by atoms with Crippen LogP contribution in [-0.4, -0.2) is 14.1 Å². The molecule has 0 aliphatic carbocycles. The Kier molecular flexibility index (Phi) is 3.43. The minimum absolute atomic E-state index is 0.242. The van der Waals surface area contributed by atoms with Gasteiger partial charge in [-0.25, -0.2) is 0 Å². The summed E-state index contributed by atoms with van der Waals surface area (Å²) < 4.78 is 5.88. The van der Waals surface area contributed by atoms with Gasteiger partial charge in [-0.3, -0.25) is 0 Å². The summed E-state index contributed by atoms with van der Waals surface area (Å²) in [5.41, 5.74) is 10.7. The number of hydrogen-bond donors (Lipinski definition) is 1. The largest absolute Gasteiger partial charge is 0.459 e. The van der Waals surface area contributed by atoms with Crippen molar-refractivity contribution in [1.29, 1.82) is 0 Å². The average Bonchev–Trinajstić information content (AvgIpc) is 2.89. The van der Waals surface area contributed by atoms with E-state index in [-0.39, 0.29) is 6.04 Å². The summed E-state index contributed by atoms with van der Waals surface area (Å²) in [4.78, 5) is 2.07. The number of nitrogens with zero attached hydrogens (tertiary/aromatic N) is 1. The average molecular weight is 280 g/mol. The smallest absolute Gasteiger partial charge is 0.134 e. The molecule has 3 aromatic rings. The third kappa shape index (κ3) is 2.65. The molecule has 0 saturated heterocycles. The molecule has 0 amide bonds. The van der Waals surface area contributed by atoms with Gasteiger partial charge >= 0.3 is 0 Å². The molecular weight excluding hydrogens is 260 g/mol. The molecule has 0 bridgehead atoms. The fraction of sp³-hybridized carbons (Fsp3) is 0.222. The predicted octanol–water partition coefficient (Wildman–Crippen LogP) is 3.86. The van der Waals surface area contributed by atoms with Crippen molar-refractivity contribution in [3.8, 4) is 0 Å². The molecule has 0 saturated carbocycles. The summed E-state index contributed by atoms with van der Waals surface area (Å²) in [5, 5.41) is 1.10. The van der Waals surface area contributed by atoms with E-state index < -0.39 is 0 Å². The molecule has 108 valence electrons. The highest BCUT2D eigenvalue weighted by atomic mass is 16.3. The summed E-state index contributed by atoms with van der Waals surface area (Å²) in [6.45, 7) is 2.08. The van der Waals surface area contributed by atoms with Gasteiger partial charge in [-0.15, -0.1) is 0 Å². The van der Waals surface area contributed by atoms with E-state index in [1.807, 2.05) is 32.3 Å². The van der Waals surface area contributed by atoms with Crippen LogP contribution in [0.15, 0.2) is 52.9 Å². The highest BCUT2D eigenvalue weighted by molar-refractivity contribution is 5.79. The molecule has 0 aliphatic heterocycles. The first-order valence-electron chi connectivity index (χ1n) is 7.07. The summed E-state index contributed by atoms with van der Waals surface area (Å²) >= 11 is 0. The van der Waals surface area contributed by atoms with Gasteiger partial charge in [-0.1, -0.05) is 23.8 Å². The van der Waals surface area contributed by atoms with Crippen LogP contribution >= 0.6 is 0 Å². The first-order chi connectivity index (χ1) is 10.0. The lowest BCUT2D eigenvalue weighted by Gasteiger charge is -2.14. The van der Waals surface area contributed by atoms with E-state index in [1.165, 1.54) is 5.56 Å². The molecule has 3 nitrogen and oxygen atoms in total. The minimum atomic E-state index is -0.242. The van der Waals surface area contributed by atoms with Gasteiger partial charge in [0, 0.05) is 25.2 Å². The fourth-order valence-corrected chi connectivity index (χ4v) is 2.48. The predicted molar refractivity (Wildman–Crippen MR) is 87.8 cm³/mol. The topological polar surface area (TPSA) is 42.4 Å². The van der Waals surface area contributed by atoms with E-state index >= 15 is 0 Å². The highest BCUT2D eigenvalue weighted by Crippen LogP contribution is 2.28. The van der Waals surface area contributed by atoms with Crippen LogP contribution in [0.5, 0.6) is 0 Å².